The molecule has 15 heavy (non-hydrogen) atoms. The topological polar surface area (TPSA) is 9.23 Å². The van der Waals surface area contributed by atoms with Crippen LogP contribution < -0.4 is 0 Å². The number of ether oxygens (including phenoxy) is 1. The summed E-state index contributed by atoms with van der Waals surface area (Å²) in [6.45, 7) is 6.83. The number of allylic oxidation sites excluding steroid dienone is 2. The zero-order valence-electron chi connectivity index (χ0n) is 9.24. The first-order valence-corrected chi connectivity index (χ1v) is 5.36. The lowest BCUT2D eigenvalue weighted by molar-refractivity contribution is 0.272. The molecule has 0 fully saturated rings. The van der Waals surface area contributed by atoms with Gasteiger partial charge in [0, 0.05) is 12.8 Å². The molecule has 0 bridgehead atoms. The first kappa shape index (κ1) is 14.1. The lowest BCUT2D eigenvalue weighted by atomic mass is 10.2. The van der Waals surface area contributed by atoms with Crippen LogP contribution in [0.2, 0.25) is 0 Å². The van der Waals surface area contributed by atoms with Crippen molar-refractivity contribution in [2.75, 3.05) is 13.3 Å². The molecule has 0 heterocycles. The van der Waals surface area contributed by atoms with Gasteiger partial charge in [0.1, 0.15) is 0 Å². The Kier molecular flexibility index (Phi) is 9.13. The van der Waals surface area contributed by atoms with Crippen LogP contribution in [0.1, 0.15) is 38.5 Å². The third-order valence-corrected chi connectivity index (χ3v) is 1.97. The SMILES string of the molecule is C=C(CCCCF)OC(=C)CCCCF. The van der Waals surface area contributed by atoms with E-state index in [1.54, 1.807) is 0 Å². The molecule has 0 saturated heterocycles. The van der Waals surface area contributed by atoms with Crippen LogP contribution in [-0.4, -0.2) is 13.3 Å². The molecule has 0 aromatic heterocycles. The van der Waals surface area contributed by atoms with Gasteiger partial charge >= 0.3 is 0 Å². The molecule has 0 aliphatic rings. The molecule has 0 unspecified atom stereocenters. The summed E-state index contributed by atoms with van der Waals surface area (Å²) in [6, 6.07) is 0. The van der Waals surface area contributed by atoms with Crippen LogP contribution in [0, 0.1) is 0 Å². The van der Waals surface area contributed by atoms with Crippen molar-refractivity contribution in [3.63, 3.8) is 0 Å². The van der Waals surface area contributed by atoms with E-state index in [0.29, 0.717) is 37.2 Å². The van der Waals surface area contributed by atoms with Crippen molar-refractivity contribution in [1.29, 1.82) is 0 Å². The normalized spacial score (nSPS) is 10.0. The summed E-state index contributed by atoms with van der Waals surface area (Å²) in [6.07, 6.45) is 3.88. The standard InChI is InChI=1S/C12H20F2O/c1-11(7-3-5-9-13)15-12(2)8-4-6-10-14/h1-10H2. The highest BCUT2D eigenvalue weighted by atomic mass is 19.1. The Labute approximate surface area is 90.8 Å². The fourth-order valence-electron chi connectivity index (χ4n) is 1.14. The van der Waals surface area contributed by atoms with Crippen LogP contribution >= 0.6 is 0 Å². The Morgan fingerprint density at radius 1 is 0.800 bits per heavy atom. The van der Waals surface area contributed by atoms with Gasteiger partial charge in [0.25, 0.3) is 0 Å². The highest BCUT2D eigenvalue weighted by Crippen LogP contribution is 2.15. The van der Waals surface area contributed by atoms with Crippen molar-refractivity contribution in [1.82, 2.24) is 0 Å². The van der Waals surface area contributed by atoms with E-state index in [1.165, 1.54) is 0 Å². The van der Waals surface area contributed by atoms with Crippen molar-refractivity contribution in [3.8, 4) is 0 Å². The monoisotopic (exact) mass is 218 g/mol. The quantitative estimate of drug-likeness (QED) is 0.392. The molecule has 0 aromatic carbocycles. The van der Waals surface area contributed by atoms with E-state index in [-0.39, 0.29) is 13.3 Å². The lowest BCUT2D eigenvalue weighted by Gasteiger charge is -2.10. The van der Waals surface area contributed by atoms with Crippen LogP contribution in [0.15, 0.2) is 24.7 Å². The van der Waals surface area contributed by atoms with E-state index in [0.717, 1.165) is 12.8 Å². The third kappa shape index (κ3) is 9.44. The Bertz CT molecular complexity index is 170. The van der Waals surface area contributed by atoms with Crippen LogP contribution in [-0.2, 0) is 4.74 Å². The van der Waals surface area contributed by atoms with Gasteiger partial charge in [-0.05, 0) is 25.7 Å². The summed E-state index contributed by atoms with van der Waals surface area (Å²) in [5.41, 5.74) is 0. The second kappa shape index (κ2) is 9.69. The number of rotatable bonds is 10. The Morgan fingerprint density at radius 3 is 1.53 bits per heavy atom. The molecule has 0 spiro atoms. The Morgan fingerprint density at radius 2 is 1.20 bits per heavy atom. The number of hydrogen-bond donors (Lipinski definition) is 0. The van der Waals surface area contributed by atoms with Gasteiger partial charge in [-0.25, -0.2) is 0 Å². The van der Waals surface area contributed by atoms with Crippen LogP contribution in [0.4, 0.5) is 8.78 Å². The van der Waals surface area contributed by atoms with Gasteiger partial charge in [-0.2, -0.15) is 0 Å². The smallest absolute Gasteiger partial charge is 0.0964 e. The maximum atomic E-state index is 11.8. The molecule has 3 heteroatoms. The largest absolute Gasteiger partial charge is 0.467 e. The Hall–Kier alpha value is -0.860. The summed E-state index contributed by atoms with van der Waals surface area (Å²) < 4.78 is 28.9. The average Bonchev–Trinajstić information content (AvgIpc) is 2.18. The predicted octanol–water partition coefficient (Wildman–Crippen LogP) is 4.31. The van der Waals surface area contributed by atoms with Crippen molar-refractivity contribution >= 4 is 0 Å². The van der Waals surface area contributed by atoms with Crippen molar-refractivity contribution in [2.24, 2.45) is 0 Å². The number of alkyl halides is 2. The summed E-state index contributed by atoms with van der Waals surface area (Å²) in [5.74, 6) is 1.24. The molecule has 88 valence electrons. The van der Waals surface area contributed by atoms with Gasteiger partial charge in [0.15, 0.2) is 0 Å². The first-order chi connectivity index (χ1) is 7.20. The third-order valence-electron chi connectivity index (χ3n) is 1.97. The second-order valence-electron chi connectivity index (χ2n) is 3.47. The van der Waals surface area contributed by atoms with E-state index < -0.39 is 0 Å². The maximum absolute atomic E-state index is 11.8. The molecule has 0 atom stereocenters. The fraction of sp³-hybridized carbons (Fsp3) is 0.667. The zero-order valence-corrected chi connectivity index (χ0v) is 9.24. The minimum atomic E-state index is -0.301. The van der Waals surface area contributed by atoms with Crippen LogP contribution in [0.3, 0.4) is 0 Å². The summed E-state index contributed by atoms with van der Waals surface area (Å²) in [4.78, 5) is 0. The van der Waals surface area contributed by atoms with Gasteiger partial charge < -0.3 is 4.74 Å². The van der Waals surface area contributed by atoms with Crippen molar-refractivity contribution < 1.29 is 13.5 Å². The maximum Gasteiger partial charge on any atom is 0.0964 e. The van der Waals surface area contributed by atoms with Gasteiger partial charge in [0.2, 0.25) is 0 Å². The first-order valence-electron chi connectivity index (χ1n) is 5.36. The number of unbranched alkanes of at least 4 members (excludes halogenated alkanes) is 2. The molecule has 1 nitrogen and oxygen atoms in total. The molecule has 0 amide bonds. The van der Waals surface area contributed by atoms with Crippen molar-refractivity contribution in [3.05, 3.63) is 24.7 Å². The number of hydrogen-bond acceptors (Lipinski definition) is 1. The number of halogens is 2. The molecule has 0 aliphatic heterocycles. The van der Waals surface area contributed by atoms with E-state index in [2.05, 4.69) is 13.2 Å². The molecular formula is C12H20F2O. The van der Waals surface area contributed by atoms with Gasteiger partial charge in [-0.1, -0.05) is 13.2 Å². The van der Waals surface area contributed by atoms with Crippen LogP contribution in [0.5, 0.6) is 0 Å². The van der Waals surface area contributed by atoms with Gasteiger partial charge in [-0.15, -0.1) is 0 Å². The van der Waals surface area contributed by atoms with Crippen LogP contribution in [0.25, 0.3) is 0 Å². The molecular weight excluding hydrogens is 198 g/mol. The summed E-state index contributed by atoms with van der Waals surface area (Å²) >= 11 is 0. The minimum Gasteiger partial charge on any atom is -0.467 e. The van der Waals surface area contributed by atoms with Crippen molar-refractivity contribution in [2.45, 2.75) is 38.5 Å². The predicted molar refractivity (Wildman–Crippen MR) is 59.0 cm³/mol. The highest BCUT2D eigenvalue weighted by molar-refractivity contribution is 4.93. The summed E-state index contributed by atoms with van der Waals surface area (Å²) in [7, 11) is 0. The second-order valence-corrected chi connectivity index (χ2v) is 3.47. The average molecular weight is 218 g/mol. The highest BCUT2D eigenvalue weighted by Gasteiger charge is 2.00. The van der Waals surface area contributed by atoms with E-state index in [4.69, 9.17) is 4.74 Å². The fourth-order valence-corrected chi connectivity index (χ4v) is 1.14. The van der Waals surface area contributed by atoms with Gasteiger partial charge in [-0.3, -0.25) is 8.78 Å². The molecule has 0 saturated carbocycles. The van der Waals surface area contributed by atoms with E-state index >= 15 is 0 Å². The minimum absolute atomic E-state index is 0.301. The Balaban J connectivity index is 3.45. The van der Waals surface area contributed by atoms with E-state index in [1.807, 2.05) is 0 Å². The summed E-state index contributed by atoms with van der Waals surface area (Å²) in [5, 5.41) is 0. The molecule has 0 radical (unpaired) electrons. The molecule has 0 rings (SSSR count). The molecule has 0 N–H and O–H groups in total. The lowest BCUT2D eigenvalue weighted by Crippen LogP contribution is -1.93. The zero-order chi connectivity index (χ0) is 11.5. The van der Waals surface area contributed by atoms with E-state index in [9.17, 15) is 8.78 Å². The molecule has 0 aromatic rings. The molecule has 0 aliphatic carbocycles. The van der Waals surface area contributed by atoms with Gasteiger partial charge in [0.05, 0.1) is 24.9 Å².